The van der Waals surface area contributed by atoms with Crippen molar-refractivity contribution in [1.29, 1.82) is 0 Å². The van der Waals surface area contributed by atoms with Crippen molar-refractivity contribution >= 4 is 27.5 Å². The second-order valence-corrected chi connectivity index (χ2v) is 11.4. The van der Waals surface area contributed by atoms with Crippen LogP contribution in [-0.2, 0) is 26.2 Å². The third-order valence-electron chi connectivity index (χ3n) is 6.61. The molecule has 8 nitrogen and oxygen atoms in total. The second-order valence-electron chi connectivity index (χ2n) is 9.52. The topological polar surface area (TPSA) is 96.0 Å². The van der Waals surface area contributed by atoms with E-state index in [1.54, 1.807) is 68.6 Å². The zero-order chi connectivity index (χ0) is 28.6. The van der Waals surface area contributed by atoms with Gasteiger partial charge in [-0.1, -0.05) is 55.0 Å². The zero-order valence-corrected chi connectivity index (χ0v) is 23.9. The summed E-state index contributed by atoms with van der Waals surface area (Å²) >= 11 is 0. The van der Waals surface area contributed by atoms with Crippen molar-refractivity contribution in [3.8, 4) is 5.75 Å². The minimum atomic E-state index is -4.08. The average molecular weight is 552 g/mol. The Morgan fingerprint density at radius 2 is 1.54 bits per heavy atom. The van der Waals surface area contributed by atoms with Gasteiger partial charge in [0, 0.05) is 12.6 Å². The maximum Gasteiger partial charge on any atom is 0.264 e. The Labute approximate surface area is 231 Å². The molecule has 208 valence electrons. The van der Waals surface area contributed by atoms with E-state index in [2.05, 4.69) is 5.32 Å². The Morgan fingerprint density at radius 1 is 0.923 bits per heavy atom. The van der Waals surface area contributed by atoms with Crippen LogP contribution in [-0.4, -0.2) is 50.9 Å². The first-order valence-electron chi connectivity index (χ1n) is 12.9. The van der Waals surface area contributed by atoms with Crippen molar-refractivity contribution in [3.05, 3.63) is 90.0 Å². The number of amides is 2. The van der Waals surface area contributed by atoms with Crippen molar-refractivity contribution in [3.63, 3.8) is 0 Å². The number of carbonyl (C=O) groups is 2. The molecule has 2 amide bonds. The molecule has 3 aromatic rings. The van der Waals surface area contributed by atoms with Gasteiger partial charge in [-0.3, -0.25) is 13.9 Å². The number of aryl methyl sites for hydroxylation is 1. The highest BCUT2D eigenvalue weighted by Crippen LogP contribution is 2.25. The van der Waals surface area contributed by atoms with Gasteiger partial charge in [-0.25, -0.2) is 8.42 Å². The van der Waals surface area contributed by atoms with Crippen molar-refractivity contribution in [1.82, 2.24) is 10.2 Å². The lowest BCUT2D eigenvalue weighted by Gasteiger charge is -2.32. The fourth-order valence-electron chi connectivity index (χ4n) is 3.94. The highest BCUT2D eigenvalue weighted by Gasteiger charge is 2.32. The lowest BCUT2D eigenvalue weighted by atomic mass is 10.1. The number of rotatable bonds is 12. The van der Waals surface area contributed by atoms with Gasteiger partial charge >= 0.3 is 0 Å². The molecule has 0 aliphatic rings. The summed E-state index contributed by atoms with van der Waals surface area (Å²) in [4.78, 5) is 28.5. The molecule has 0 aliphatic heterocycles. The third kappa shape index (κ3) is 7.60. The van der Waals surface area contributed by atoms with Crippen LogP contribution in [0, 0.1) is 6.92 Å². The number of nitrogens with zero attached hydrogens (tertiary/aromatic N) is 2. The number of carbonyl (C=O) groups excluding carboxylic acids is 2. The maximum atomic E-state index is 13.9. The summed E-state index contributed by atoms with van der Waals surface area (Å²) in [5.41, 5.74) is 2.05. The molecular formula is C30H37N3O5S. The Morgan fingerprint density at radius 3 is 2.10 bits per heavy atom. The predicted octanol–water partition coefficient (Wildman–Crippen LogP) is 4.53. The molecule has 0 bridgehead atoms. The largest absolute Gasteiger partial charge is 0.497 e. The van der Waals surface area contributed by atoms with Crippen LogP contribution in [0.4, 0.5) is 5.69 Å². The van der Waals surface area contributed by atoms with Crippen LogP contribution in [0.25, 0.3) is 0 Å². The molecule has 0 aromatic heterocycles. The standard InChI is InChI=1S/C30H37N3O5S/c1-6-23(3)31-30(35)24(4)32(20-25-14-16-27(38-5)17-15-25)29(34)21-33(26-10-8-7-9-11-26)39(36,37)28-18-12-22(2)13-19-28/h7-19,23-24H,6,20-21H2,1-5H3,(H,31,35). The van der Waals surface area contributed by atoms with E-state index >= 15 is 0 Å². The van der Waals surface area contributed by atoms with Gasteiger partial charge < -0.3 is 15.0 Å². The maximum absolute atomic E-state index is 13.9. The molecular weight excluding hydrogens is 514 g/mol. The molecule has 0 fully saturated rings. The average Bonchev–Trinajstić information content (AvgIpc) is 2.94. The number of hydrogen-bond acceptors (Lipinski definition) is 5. The minimum absolute atomic E-state index is 0.0689. The normalized spacial score (nSPS) is 12.7. The van der Waals surface area contributed by atoms with Crippen molar-refractivity contribution < 1.29 is 22.7 Å². The molecule has 0 spiro atoms. The number of hydrogen-bond donors (Lipinski definition) is 1. The zero-order valence-electron chi connectivity index (χ0n) is 23.1. The molecule has 0 saturated heterocycles. The van der Waals surface area contributed by atoms with Gasteiger partial charge in [0.2, 0.25) is 11.8 Å². The Balaban J connectivity index is 1.99. The first-order chi connectivity index (χ1) is 18.6. The monoisotopic (exact) mass is 551 g/mol. The van der Waals surface area contributed by atoms with Crippen LogP contribution in [0.1, 0.15) is 38.3 Å². The van der Waals surface area contributed by atoms with Crippen molar-refractivity contribution in [2.24, 2.45) is 0 Å². The molecule has 0 aliphatic carbocycles. The van der Waals surface area contributed by atoms with E-state index in [4.69, 9.17) is 4.74 Å². The first kappa shape index (κ1) is 29.7. The SMILES string of the molecule is CCC(C)NC(=O)C(C)N(Cc1ccc(OC)cc1)C(=O)CN(c1ccccc1)S(=O)(=O)c1ccc(C)cc1. The van der Waals surface area contributed by atoms with Crippen LogP contribution < -0.4 is 14.4 Å². The first-order valence-corrected chi connectivity index (χ1v) is 14.4. The number of benzene rings is 3. The molecule has 0 saturated carbocycles. The van der Waals surface area contributed by atoms with Crippen LogP contribution >= 0.6 is 0 Å². The summed E-state index contributed by atoms with van der Waals surface area (Å²) in [6.45, 7) is 7.02. The third-order valence-corrected chi connectivity index (χ3v) is 8.40. The van der Waals surface area contributed by atoms with Gasteiger partial charge in [-0.15, -0.1) is 0 Å². The summed E-state index contributed by atoms with van der Waals surface area (Å²) < 4.78 is 33.9. The van der Waals surface area contributed by atoms with E-state index in [1.807, 2.05) is 32.9 Å². The van der Waals surface area contributed by atoms with E-state index in [-0.39, 0.29) is 23.4 Å². The molecule has 0 heterocycles. The summed E-state index contributed by atoms with van der Waals surface area (Å²) in [5, 5.41) is 2.93. The lowest BCUT2D eigenvalue weighted by molar-refractivity contribution is -0.139. The summed E-state index contributed by atoms with van der Waals surface area (Å²) in [6.07, 6.45) is 0.738. The highest BCUT2D eigenvalue weighted by molar-refractivity contribution is 7.92. The number of para-hydroxylation sites is 1. The predicted molar refractivity (Wildman–Crippen MR) is 153 cm³/mol. The van der Waals surface area contributed by atoms with Gasteiger partial charge in [-0.05, 0) is 69.2 Å². The number of ether oxygens (including phenoxy) is 1. The second kappa shape index (κ2) is 13.3. The Hall–Kier alpha value is -3.85. The van der Waals surface area contributed by atoms with E-state index in [1.165, 1.54) is 17.0 Å². The van der Waals surface area contributed by atoms with Crippen LogP contribution in [0.15, 0.2) is 83.8 Å². The van der Waals surface area contributed by atoms with E-state index in [9.17, 15) is 18.0 Å². The van der Waals surface area contributed by atoms with Crippen LogP contribution in [0.2, 0.25) is 0 Å². The van der Waals surface area contributed by atoms with Gasteiger partial charge in [0.05, 0.1) is 17.7 Å². The number of anilines is 1. The minimum Gasteiger partial charge on any atom is -0.497 e. The van der Waals surface area contributed by atoms with Crippen LogP contribution in [0.5, 0.6) is 5.75 Å². The summed E-state index contributed by atoms with van der Waals surface area (Å²) in [5.74, 6) is -0.144. The molecule has 9 heteroatoms. The molecule has 2 unspecified atom stereocenters. The quantitative estimate of drug-likeness (QED) is 0.357. The van der Waals surface area contributed by atoms with E-state index in [0.29, 0.717) is 11.4 Å². The molecule has 0 radical (unpaired) electrons. The molecule has 3 aromatic carbocycles. The van der Waals surface area contributed by atoms with Gasteiger partial charge in [0.25, 0.3) is 10.0 Å². The van der Waals surface area contributed by atoms with Gasteiger partial charge in [-0.2, -0.15) is 0 Å². The fourth-order valence-corrected chi connectivity index (χ4v) is 5.35. The lowest BCUT2D eigenvalue weighted by Crippen LogP contribution is -2.52. The molecule has 1 N–H and O–H groups in total. The number of nitrogens with one attached hydrogen (secondary N) is 1. The van der Waals surface area contributed by atoms with Gasteiger partial charge in [0.15, 0.2) is 0 Å². The van der Waals surface area contributed by atoms with E-state index < -0.39 is 28.5 Å². The van der Waals surface area contributed by atoms with E-state index in [0.717, 1.165) is 21.9 Å². The van der Waals surface area contributed by atoms with Gasteiger partial charge in [0.1, 0.15) is 18.3 Å². The van der Waals surface area contributed by atoms with Crippen molar-refractivity contribution in [2.45, 2.75) is 57.6 Å². The van der Waals surface area contributed by atoms with Crippen molar-refractivity contribution in [2.75, 3.05) is 18.0 Å². The fraction of sp³-hybridized carbons (Fsp3) is 0.333. The summed E-state index contributed by atoms with van der Waals surface area (Å²) in [7, 11) is -2.51. The smallest absolute Gasteiger partial charge is 0.264 e. The molecule has 39 heavy (non-hydrogen) atoms. The molecule has 2 atom stereocenters. The Kier molecular flexibility index (Phi) is 10.1. The number of methoxy groups -OCH3 is 1. The number of sulfonamides is 1. The van der Waals surface area contributed by atoms with Crippen LogP contribution in [0.3, 0.4) is 0 Å². The summed E-state index contributed by atoms with van der Waals surface area (Å²) in [6, 6.07) is 21.3. The highest BCUT2D eigenvalue weighted by atomic mass is 32.2. The molecule has 3 rings (SSSR count). The Bertz CT molecular complexity index is 1340.